The van der Waals surface area contributed by atoms with E-state index in [1.807, 2.05) is 42.5 Å². The van der Waals surface area contributed by atoms with Crippen molar-refractivity contribution in [1.29, 1.82) is 0 Å². The van der Waals surface area contributed by atoms with E-state index in [1.165, 1.54) is 0 Å². The van der Waals surface area contributed by atoms with Crippen LogP contribution in [0.2, 0.25) is 0 Å². The van der Waals surface area contributed by atoms with E-state index in [-0.39, 0.29) is 12.5 Å². The molecule has 7 heteroatoms. The minimum atomic E-state index is -0.147. The molecule has 0 aliphatic rings. The number of ether oxygens (including phenoxy) is 1. The highest BCUT2D eigenvalue weighted by atomic mass is 79.9. The molecule has 0 bridgehead atoms. The van der Waals surface area contributed by atoms with Gasteiger partial charge in [0.1, 0.15) is 12.3 Å². The Morgan fingerprint density at radius 1 is 1.26 bits per heavy atom. The van der Waals surface area contributed by atoms with E-state index < -0.39 is 0 Å². The highest BCUT2D eigenvalue weighted by Crippen LogP contribution is 2.22. The van der Waals surface area contributed by atoms with Crippen molar-refractivity contribution in [2.45, 2.75) is 6.54 Å². The summed E-state index contributed by atoms with van der Waals surface area (Å²) in [5.74, 6) is 1.41. The van der Waals surface area contributed by atoms with Crippen LogP contribution in [0.15, 0.2) is 70.2 Å². The van der Waals surface area contributed by atoms with Crippen molar-refractivity contribution < 1.29 is 14.1 Å². The molecule has 138 valence electrons. The van der Waals surface area contributed by atoms with Crippen LogP contribution in [0.3, 0.4) is 0 Å². The molecule has 3 aromatic rings. The second-order valence-corrected chi connectivity index (χ2v) is 6.55. The molecule has 6 nitrogen and oxygen atoms in total. The summed E-state index contributed by atoms with van der Waals surface area (Å²) in [6, 6.07) is 14.6. The van der Waals surface area contributed by atoms with Gasteiger partial charge in [0, 0.05) is 16.6 Å². The Hall–Kier alpha value is -2.93. The van der Waals surface area contributed by atoms with Crippen LogP contribution in [0.5, 0.6) is 5.75 Å². The maximum absolute atomic E-state index is 12.9. The predicted molar refractivity (Wildman–Crippen MR) is 105 cm³/mol. The molecular weight excluding hydrogens is 410 g/mol. The lowest BCUT2D eigenvalue weighted by atomic mass is 10.2. The van der Waals surface area contributed by atoms with Gasteiger partial charge in [-0.1, -0.05) is 23.4 Å². The number of carbonyl (C=O) groups excluding carboxylic acids is 1. The van der Waals surface area contributed by atoms with Gasteiger partial charge in [-0.3, -0.25) is 4.79 Å². The summed E-state index contributed by atoms with van der Waals surface area (Å²) in [6.45, 7) is 4.28. The Kier molecular flexibility index (Phi) is 6.03. The number of carbonyl (C=O) groups is 1. The zero-order chi connectivity index (χ0) is 19.2. The fourth-order valence-corrected chi connectivity index (χ4v) is 2.97. The van der Waals surface area contributed by atoms with E-state index >= 15 is 0 Å². The molecule has 0 spiro atoms. The number of rotatable bonds is 7. The van der Waals surface area contributed by atoms with E-state index in [1.54, 1.807) is 24.2 Å². The molecular formula is C20H18BrN3O3. The summed E-state index contributed by atoms with van der Waals surface area (Å²) in [5, 5.41) is 4.00. The number of methoxy groups -OCH3 is 1. The second-order valence-electron chi connectivity index (χ2n) is 5.69. The van der Waals surface area contributed by atoms with Gasteiger partial charge >= 0.3 is 0 Å². The fourth-order valence-electron chi connectivity index (χ4n) is 2.52. The SMILES string of the molecule is C=CCN(Cc1nc(-c2ccc(OC)cc2)no1)C(=O)c1ccccc1Br. The Bertz CT molecular complexity index is 938. The summed E-state index contributed by atoms with van der Waals surface area (Å²) in [4.78, 5) is 18.8. The monoisotopic (exact) mass is 427 g/mol. The number of nitrogens with zero attached hydrogens (tertiary/aromatic N) is 3. The average molecular weight is 428 g/mol. The first-order valence-corrected chi connectivity index (χ1v) is 9.03. The molecule has 0 unspecified atom stereocenters. The van der Waals surface area contributed by atoms with Gasteiger partial charge in [0.05, 0.1) is 12.7 Å². The van der Waals surface area contributed by atoms with Crippen LogP contribution in [0.25, 0.3) is 11.4 Å². The van der Waals surface area contributed by atoms with Crippen LogP contribution in [-0.4, -0.2) is 34.6 Å². The summed E-state index contributed by atoms with van der Waals surface area (Å²) in [5.41, 5.74) is 1.37. The third-order valence-corrected chi connectivity index (χ3v) is 4.57. The highest BCUT2D eigenvalue weighted by Gasteiger charge is 2.20. The summed E-state index contributed by atoms with van der Waals surface area (Å²) < 4.78 is 11.2. The van der Waals surface area contributed by atoms with E-state index in [4.69, 9.17) is 9.26 Å². The normalized spacial score (nSPS) is 10.4. The van der Waals surface area contributed by atoms with Crippen LogP contribution < -0.4 is 4.74 Å². The predicted octanol–water partition coefficient (Wildman–Crippen LogP) is 4.34. The highest BCUT2D eigenvalue weighted by molar-refractivity contribution is 9.10. The third-order valence-electron chi connectivity index (χ3n) is 3.88. The Balaban J connectivity index is 1.79. The number of halogens is 1. The van der Waals surface area contributed by atoms with Crippen LogP contribution in [0.1, 0.15) is 16.2 Å². The third kappa shape index (κ3) is 4.43. The number of aromatic nitrogens is 2. The molecule has 0 atom stereocenters. The molecule has 2 aromatic carbocycles. The lowest BCUT2D eigenvalue weighted by Crippen LogP contribution is -2.31. The average Bonchev–Trinajstić information content (AvgIpc) is 3.16. The molecule has 0 saturated carbocycles. The van der Waals surface area contributed by atoms with Crippen molar-refractivity contribution in [2.24, 2.45) is 0 Å². The fraction of sp³-hybridized carbons (Fsp3) is 0.150. The van der Waals surface area contributed by atoms with Crippen LogP contribution >= 0.6 is 15.9 Å². The molecule has 0 aliphatic heterocycles. The molecule has 1 amide bonds. The lowest BCUT2D eigenvalue weighted by molar-refractivity contribution is 0.0744. The van der Waals surface area contributed by atoms with Gasteiger partial charge in [-0.15, -0.1) is 6.58 Å². The van der Waals surface area contributed by atoms with Crippen molar-refractivity contribution in [3.63, 3.8) is 0 Å². The standard InChI is InChI=1S/C20H18BrN3O3/c1-3-12-24(20(25)16-6-4-5-7-17(16)21)13-18-22-19(23-27-18)14-8-10-15(26-2)11-9-14/h3-11H,1,12-13H2,2H3. The zero-order valence-corrected chi connectivity index (χ0v) is 16.3. The first-order valence-electron chi connectivity index (χ1n) is 8.24. The van der Waals surface area contributed by atoms with Gasteiger partial charge in [-0.2, -0.15) is 4.98 Å². The first kappa shape index (κ1) is 18.8. The molecule has 0 fully saturated rings. The molecule has 0 N–H and O–H groups in total. The Labute approximate surface area is 165 Å². The second kappa shape index (κ2) is 8.64. The van der Waals surface area contributed by atoms with Gasteiger partial charge in [-0.05, 0) is 52.3 Å². The van der Waals surface area contributed by atoms with Gasteiger partial charge in [0.25, 0.3) is 5.91 Å². The number of hydrogen-bond donors (Lipinski definition) is 0. The minimum Gasteiger partial charge on any atom is -0.497 e. The summed E-state index contributed by atoms with van der Waals surface area (Å²) in [6.07, 6.45) is 1.66. The maximum atomic E-state index is 12.9. The van der Waals surface area contributed by atoms with Crippen LogP contribution in [0.4, 0.5) is 0 Å². The molecule has 27 heavy (non-hydrogen) atoms. The van der Waals surface area contributed by atoms with Gasteiger partial charge in [0.15, 0.2) is 0 Å². The quantitative estimate of drug-likeness (QED) is 0.524. The van der Waals surface area contributed by atoms with Crippen molar-refractivity contribution >= 4 is 21.8 Å². The summed E-state index contributed by atoms with van der Waals surface area (Å²) >= 11 is 3.41. The van der Waals surface area contributed by atoms with Gasteiger partial charge < -0.3 is 14.2 Å². The number of hydrogen-bond acceptors (Lipinski definition) is 5. The largest absolute Gasteiger partial charge is 0.497 e. The van der Waals surface area contributed by atoms with Gasteiger partial charge in [-0.25, -0.2) is 0 Å². The molecule has 0 aliphatic carbocycles. The number of amides is 1. The van der Waals surface area contributed by atoms with Crippen molar-refractivity contribution in [2.75, 3.05) is 13.7 Å². The first-order chi connectivity index (χ1) is 13.1. The van der Waals surface area contributed by atoms with Crippen molar-refractivity contribution in [3.05, 3.63) is 77.1 Å². The van der Waals surface area contributed by atoms with E-state index in [0.717, 1.165) is 15.8 Å². The van der Waals surface area contributed by atoms with Crippen LogP contribution in [-0.2, 0) is 6.54 Å². The molecule has 3 rings (SSSR count). The molecule has 1 heterocycles. The van der Waals surface area contributed by atoms with Crippen molar-refractivity contribution in [3.8, 4) is 17.1 Å². The van der Waals surface area contributed by atoms with E-state index in [2.05, 4.69) is 32.6 Å². The van der Waals surface area contributed by atoms with Gasteiger partial charge in [0.2, 0.25) is 11.7 Å². The summed E-state index contributed by atoms with van der Waals surface area (Å²) in [7, 11) is 1.61. The van der Waals surface area contributed by atoms with Crippen molar-refractivity contribution in [1.82, 2.24) is 15.0 Å². The smallest absolute Gasteiger partial charge is 0.255 e. The lowest BCUT2D eigenvalue weighted by Gasteiger charge is -2.19. The molecule has 1 aromatic heterocycles. The number of benzene rings is 2. The van der Waals surface area contributed by atoms with Crippen LogP contribution in [0, 0.1) is 0 Å². The minimum absolute atomic E-state index is 0.147. The molecule has 0 radical (unpaired) electrons. The van der Waals surface area contributed by atoms with E-state index in [9.17, 15) is 4.79 Å². The Morgan fingerprint density at radius 2 is 2.00 bits per heavy atom. The molecule has 0 saturated heterocycles. The van der Waals surface area contributed by atoms with E-state index in [0.29, 0.717) is 23.8 Å². The zero-order valence-electron chi connectivity index (χ0n) is 14.8. The Morgan fingerprint density at radius 3 is 2.67 bits per heavy atom. The maximum Gasteiger partial charge on any atom is 0.255 e. The topological polar surface area (TPSA) is 68.5 Å².